The number of rotatable bonds is 6. The van der Waals surface area contributed by atoms with Gasteiger partial charge in [-0.05, 0) is 56.5 Å². The van der Waals surface area contributed by atoms with Gasteiger partial charge in [0, 0.05) is 29.6 Å². The van der Waals surface area contributed by atoms with Crippen LogP contribution in [0.2, 0.25) is 0 Å². The second-order valence-electron chi connectivity index (χ2n) is 7.39. The first-order valence-electron chi connectivity index (χ1n) is 10.3. The van der Waals surface area contributed by atoms with Crippen LogP contribution in [0.4, 0.5) is 5.69 Å². The molecule has 1 N–H and O–H groups in total. The largest absolute Gasteiger partial charge is 0.494 e. The molecule has 0 unspecified atom stereocenters. The molecule has 0 atom stereocenters. The average Bonchev–Trinajstić information content (AvgIpc) is 3.00. The number of nitrogens with one attached hydrogen (secondary N) is 1. The van der Waals surface area contributed by atoms with Crippen LogP contribution in [0.25, 0.3) is 22.2 Å². The number of aryl methyl sites for hydroxylation is 1. The molecule has 1 aliphatic rings. The van der Waals surface area contributed by atoms with Crippen molar-refractivity contribution >= 4 is 22.5 Å². The van der Waals surface area contributed by atoms with Crippen LogP contribution >= 0.6 is 0 Å². The molecule has 0 radical (unpaired) electrons. The number of fused-ring (bicyclic) bond motifs is 1. The Morgan fingerprint density at radius 2 is 1.97 bits per heavy atom. The maximum Gasteiger partial charge on any atom is 0.227 e. The van der Waals surface area contributed by atoms with Gasteiger partial charge >= 0.3 is 0 Å². The zero-order valence-electron chi connectivity index (χ0n) is 16.9. The van der Waals surface area contributed by atoms with Crippen LogP contribution in [0, 0.1) is 17.2 Å². The van der Waals surface area contributed by atoms with Crippen molar-refractivity contribution in [3.05, 3.63) is 48.0 Å². The summed E-state index contributed by atoms with van der Waals surface area (Å²) in [6.07, 6.45) is 3.10. The maximum atomic E-state index is 12.2. The third kappa shape index (κ3) is 3.47. The number of hydrogen-bond acceptors (Lipinski definition) is 3. The van der Waals surface area contributed by atoms with E-state index in [0.29, 0.717) is 12.2 Å². The minimum Gasteiger partial charge on any atom is -0.494 e. The number of nitriles is 1. The molecule has 2 aromatic carbocycles. The first-order chi connectivity index (χ1) is 14.2. The molecular formula is C24H25N3O2. The van der Waals surface area contributed by atoms with E-state index in [0.717, 1.165) is 59.4 Å². The van der Waals surface area contributed by atoms with E-state index in [2.05, 4.69) is 22.9 Å². The van der Waals surface area contributed by atoms with Crippen molar-refractivity contribution in [2.24, 2.45) is 5.92 Å². The first-order valence-corrected chi connectivity index (χ1v) is 10.3. The highest BCUT2D eigenvalue weighted by Crippen LogP contribution is 2.36. The molecule has 148 valence electrons. The number of carbonyl (C=O) groups excluding carboxylic acids is 1. The quantitative estimate of drug-likeness (QED) is 0.621. The zero-order valence-corrected chi connectivity index (χ0v) is 16.9. The number of hydrogen-bond donors (Lipinski definition) is 1. The maximum absolute atomic E-state index is 12.2. The predicted octanol–water partition coefficient (Wildman–Crippen LogP) is 5.34. The Kier molecular flexibility index (Phi) is 5.26. The van der Waals surface area contributed by atoms with E-state index >= 15 is 0 Å². The molecule has 1 amide bonds. The fraction of sp³-hybridized carbons (Fsp3) is 0.333. The van der Waals surface area contributed by atoms with Gasteiger partial charge in [0.2, 0.25) is 5.91 Å². The van der Waals surface area contributed by atoms with Crippen molar-refractivity contribution in [3.8, 4) is 23.1 Å². The zero-order chi connectivity index (χ0) is 20.4. The molecular weight excluding hydrogens is 362 g/mol. The number of nitrogens with zero attached hydrogens (tertiary/aromatic N) is 2. The normalized spacial score (nSPS) is 13.7. The topological polar surface area (TPSA) is 67.0 Å². The lowest BCUT2D eigenvalue weighted by molar-refractivity contribution is -0.122. The summed E-state index contributed by atoms with van der Waals surface area (Å²) in [5.41, 5.74) is 4.31. The van der Waals surface area contributed by atoms with Crippen LogP contribution in [-0.4, -0.2) is 17.1 Å². The molecule has 0 saturated heterocycles. The summed E-state index contributed by atoms with van der Waals surface area (Å²) in [5.74, 6) is 1.06. The number of aromatic nitrogens is 1. The molecule has 5 nitrogen and oxygen atoms in total. The van der Waals surface area contributed by atoms with E-state index in [9.17, 15) is 10.1 Å². The molecule has 0 aliphatic heterocycles. The standard InChI is InChI=1S/C24H25N3O2/c1-3-27-22-14-19(29-4-2)12-13-20(22)21(15-25)23(27)16-8-10-18(11-9-16)26-24(28)17-6-5-7-17/h8-14,17H,3-7H2,1-2H3,(H,26,28). The third-order valence-electron chi connectivity index (χ3n) is 5.68. The minimum atomic E-state index is 0.104. The Balaban J connectivity index is 1.72. The van der Waals surface area contributed by atoms with E-state index in [-0.39, 0.29) is 11.8 Å². The van der Waals surface area contributed by atoms with Gasteiger partial charge in [-0.25, -0.2) is 0 Å². The molecule has 1 aliphatic carbocycles. The Morgan fingerprint density at radius 3 is 2.55 bits per heavy atom. The monoisotopic (exact) mass is 387 g/mol. The molecule has 1 aromatic heterocycles. The Bertz CT molecular complexity index is 1090. The molecule has 29 heavy (non-hydrogen) atoms. The van der Waals surface area contributed by atoms with Crippen LogP contribution in [-0.2, 0) is 11.3 Å². The summed E-state index contributed by atoms with van der Waals surface area (Å²) < 4.78 is 7.80. The van der Waals surface area contributed by atoms with Crippen LogP contribution in [0.3, 0.4) is 0 Å². The highest BCUT2D eigenvalue weighted by Gasteiger charge is 2.25. The summed E-state index contributed by atoms with van der Waals surface area (Å²) >= 11 is 0. The van der Waals surface area contributed by atoms with E-state index in [1.807, 2.05) is 49.4 Å². The van der Waals surface area contributed by atoms with Gasteiger partial charge in [0.05, 0.1) is 23.4 Å². The van der Waals surface area contributed by atoms with Crippen molar-refractivity contribution < 1.29 is 9.53 Å². The molecule has 1 saturated carbocycles. The van der Waals surface area contributed by atoms with Gasteiger partial charge in [0.25, 0.3) is 0 Å². The predicted molar refractivity (Wildman–Crippen MR) is 115 cm³/mol. The summed E-state index contributed by atoms with van der Waals surface area (Å²) in [6.45, 7) is 5.37. The molecule has 1 fully saturated rings. The number of ether oxygens (including phenoxy) is 1. The second kappa shape index (κ2) is 8.00. The summed E-state index contributed by atoms with van der Waals surface area (Å²) in [6, 6.07) is 16.0. The van der Waals surface area contributed by atoms with E-state index in [4.69, 9.17) is 4.74 Å². The van der Waals surface area contributed by atoms with Gasteiger partial charge in [-0.2, -0.15) is 5.26 Å². The Labute approximate surface area is 170 Å². The fourth-order valence-electron chi connectivity index (χ4n) is 3.95. The number of carbonyl (C=O) groups is 1. The van der Waals surface area contributed by atoms with Gasteiger partial charge < -0.3 is 14.6 Å². The lowest BCUT2D eigenvalue weighted by atomic mass is 9.85. The summed E-state index contributed by atoms with van der Waals surface area (Å²) in [5, 5.41) is 13.8. The minimum absolute atomic E-state index is 0.104. The highest BCUT2D eigenvalue weighted by atomic mass is 16.5. The van der Waals surface area contributed by atoms with E-state index < -0.39 is 0 Å². The van der Waals surface area contributed by atoms with Crippen LogP contribution in [0.1, 0.15) is 38.7 Å². The third-order valence-corrected chi connectivity index (χ3v) is 5.68. The smallest absolute Gasteiger partial charge is 0.227 e. The van der Waals surface area contributed by atoms with Crippen molar-refractivity contribution in [2.45, 2.75) is 39.7 Å². The fourth-order valence-corrected chi connectivity index (χ4v) is 3.95. The summed E-state index contributed by atoms with van der Waals surface area (Å²) in [7, 11) is 0. The number of benzene rings is 2. The van der Waals surface area contributed by atoms with Crippen molar-refractivity contribution in [3.63, 3.8) is 0 Å². The molecule has 0 bridgehead atoms. The van der Waals surface area contributed by atoms with E-state index in [1.165, 1.54) is 0 Å². The number of anilines is 1. The van der Waals surface area contributed by atoms with Crippen LogP contribution in [0.15, 0.2) is 42.5 Å². The van der Waals surface area contributed by atoms with E-state index in [1.54, 1.807) is 0 Å². The molecule has 4 rings (SSSR count). The van der Waals surface area contributed by atoms with Crippen LogP contribution in [0.5, 0.6) is 5.75 Å². The molecule has 3 aromatic rings. The number of amides is 1. The van der Waals surface area contributed by atoms with Crippen molar-refractivity contribution in [2.75, 3.05) is 11.9 Å². The molecule has 0 spiro atoms. The Hall–Kier alpha value is -3.26. The second-order valence-corrected chi connectivity index (χ2v) is 7.39. The average molecular weight is 387 g/mol. The molecule has 1 heterocycles. The van der Waals surface area contributed by atoms with Crippen molar-refractivity contribution in [1.82, 2.24) is 4.57 Å². The SMILES string of the molecule is CCOc1ccc2c(C#N)c(-c3ccc(NC(=O)C4CCC4)cc3)n(CC)c2c1. The summed E-state index contributed by atoms with van der Waals surface area (Å²) in [4.78, 5) is 12.2. The Morgan fingerprint density at radius 1 is 1.21 bits per heavy atom. The van der Waals surface area contributed by atoms with Gasteiger partial charge in [0.15, 0.2) is 0 Å². The first kappa shape index (κ1) is 19.1. The van der Waals surface area contributed by atoms with Gasteiger partial charge in [-0.1, -0.05) is 18.6 Å². The highest BCUT2D eigenvalue weighted by molar-refractivity contribution is 5.96. The van der Waals surface area contributed by atoms with Crippen LogP contribution < -0.4 is 10.1 Å². The van der Waals surface area contributed by atoms with Crippen molar-refractivity contribution in [1.29, 1.82) is 5.26 Å². The van der Waals surface area contributed by atoms with Gasteiger partial charge in [-0.15, -0.1) is 0 Å². The lowest BCUT2D eigenvalue weighted by Crippen LogP contribution is -2.27. The van der Waals surface area contributed by atoms with Gasteiger partial charge in [-0.3, -0.25) is 4.79 Å². The lowest BCUT2D eigenvalue weighted by Gasteiger charge is -2.24. The van der Waals surface area contributed by atoms with Gasteiger partial charge in [0.1, 0.15) is 11.8 Å². The molecule has 5 heteroatoms.